The fourth-order valence-corrected chi connectivity index (χ4v) is 2.06. The van der Waals surface area contributed by atoms with Crippen LogP contribution in [0, 0.1) is 5.41 Å². The zero-order valence-corrected chi connectivity index (χ0v) is 14.0. The zero-order chi connectivity index (χ0) is 15.8. The average Bonchev–Trinajstić information content (AvgIpc) is 2.39. The number of esters is 1. The van der Waals surface area contributed by atoms with Crippen LogP contribution >= 0.6 is 0 Å². The van der Waals surface area contributed by atoms with Crippen molar-refractivity contribution >= 4 is 19.8 Å². The second-order valence-electron chi connectivity index (χ2n) is 5.67. The first-order valence-corrected chi connectivity index (χ1v) is 10.2. The number of ether oxygens (including phenoxy) is 2. The van der Waals surface area contributed by atoms with E-state index in [0.29, 0.717) is 12.2 Å². The van der Waals surface area contributed by atoms with E-state index in [9.17, 15) is 4.79 Å². The molecule has 0 aromatic heterocycles. The molecule has 0 unspecified atom stereocenters. The Kier molecular flexibility index (Phi) is 8.36. The van der Waals surface area contributed by atoms with Crippen molar-refractivity contribution in [1.29, 1.82) is 5.41 Å². The second kappa shape index (κ2) is 8.88. The van der Waals surface area contributed by atoms with E-state index in [-0.39, 0.29) is 18.1 Å². The molecule has 0 aliphatic rings. The SMILES string of the molecule is COC(=O)/C(NCOCC[Si](C)(C)C)=C(\C)C(=N)CO. The Morgan fingerprint density at radius 3 is 2.40 bits per heavy atom. The number of hydrogen-bond donors (Lipinski definition) is 3. The number of hydrogen-bond acceptors (Lipinski definition) is 6. The monoisotopic (exact) mass is 302 g/mol. The summed E-state index contributed by atoms with van der Waals surface area (Å²) in [6.07, 6.45) is 0. The molecule has 0 spiro atoms. The molecule has 0 aliphatic heterocycles. The number of aliphatic hydroxyl groups excluding tert-OH is 1. The van der Waals surface area contributed by atoms with Crippen molar-refractivity contribution in [2.75, 3.05) is 27.1 Å². The summed E-state index contributed by atoms with van der Waals surface area (Å²) in [6, 6.07) is 1.04. The summed E-state index contributed by atoms with van der Waals surface area (Å²) in [5, 5.41) is 19.3. The molecule has 20 heavy (non-hydrogen) atoms. The van der Waals surface area contributed by atoms with Gasteiger partial charge in [0.2, 0.25) is 0 Å². The molecule has 0 radical (unpaired) electrons. The van der Waals surface area contributed by atoms with E-state index in [4.69, 9.17) is 15.3 Å². The van der Waals surface area contributed by atoms with E-state index in [2.05, 4.69) is 29.7 Å². The maximum Gasteiger partial charge on any atom is 0.354 e. The molecule has 0 bridgehead atoms. The molecule has 0 atom stereocenters. The zero-order valence-electron chi connectivity index (χ0n) is 13.0. The summed E-state index contributed by atoms with van der Waals surface area (Å²) in [7, 11) is 0.138. The minimum absolute atomic E-state index is 0.0278. The number of methoxy groups -OCH3 is 1. The normalized spacial score (nSPS) is 12.7. The van der Waals surface area contributed by atoms with Gasteiger partial charge in [-0.2, -0.15) is 0 Å². The third-order valence-electron chi connectivity index (χ3n) is 2.72. The summed E-state index contributed by atoms with van der Waals surface area (Å²) >= 11 is 0. The Morgan fingerprint density at radius 2 is 1.95 bits per heavy atom. The van der Waals surface area contributed by atoms with Crippen molar-refractivity contribution in [3.8, 4) is 0 Å². The van der Waals surface area contributed by atoms with E-state index in [1.165, 1.54) is 7.11 Å². The number of carbonyl (C=O) groups excluding carboxylic acids is 1. The molecule has 0 saturated heterocycles. The molecular weight excluding hydrogens is 276 g/mol. The highest BCUT2D eigenvalue weighted by molar-refractivity contribution is 6.76. The highest BCUT2D eigenvalue weighted by atomic mass is 28.3. The van der Waals surface area contributed by atoms with Crippen LogP contribution in [0.4, 0.5) is 0 Å². The molecule has 116 valence electrons. The number of aliphatic hydroxyl groups is 1. The smallest absolute Gasteiger partial charge is 0.354 e. The van der Waals surface area contributed by atoms with Gasteiger partial charge in [0.05, 0.1) is 19.4 Å². The van der Waals surface area contributed by atoms with E-state index < -0.39 is 20.7 Å². The predicted octanol–water partition coefficient (Wildman–Crippen LogP) is 1.35. The Hall–Kier alpha value is -1.18. The number of carbonyl (C=O) groups is 1. The van der Waals surface area contributed by atoms with E-state index in [1.807, 2.05) is 0 Å². The van der Waals surface area contributed by atoms with Gasteiger partial charge in [0, 0.05) is 20.3 Å². The first-order chi connectivity index (χ1) is 9.22. The summed E-state index contributed by atoms with van der Waals surface area (Å²) in [4.78, 5) is 11.6. The molecule has 0 aromatic carbocycles. The van der Waals surface area contributed by atoms with E-state index in [1.54, 1.807) is 6.92 Å². The topological polar surface area (TPSA) is 91.6 Å². The number of nitrogens with one attached hydrogen (secondary N) is 2. The summed E-state index contributed by atoms with van der Waals surface area (Å²) in [5.74, 6) is -0.575. The molecule has 0 fully saturated rings. The van der Waals surface area contributed by atoms with E-state index >= 15 is 0 Å². The quantitative estimate of drug-likeness (QED) is 0.149. The van der Waals surface area contributed by atoms with Gasteiger partial charge in [-0.3, -0.25) is 0 Å². The van der Waals surface area contributed by atoms with Gasteiger partial charge in [0.25, 0.3) is 0 Å². The molecular formula is C13H26N2O4Si. The van der Waals surface area contributed by atoms with Crippen LogP contribution in [0.5, 0.6) is 0 Å². The van der Waals surface area contributed by atoms with Crippen molar-refractivity contribution in [2.24, 2.45) is 0 Å². The molecule has 0 saturated carbocycles. The lowest BCUT2D eigenvalue weighted by molar-refractivity contribution is -0.136. The fraction of sp³-hybridized carbons (Fsp3) is 0.692. The van der Waals surface area contributed by atoms with Gasteiger partial charge >= 0.3 is 5.97 Å². The lowest BCUT2D eigenvalue weighted by atomic mass is 10.1. The standard InChI is InChI=1S/C13H26N2O4Si/c1-10(11(14)8-16)12(13(17)18-2)15-9-19-6-7-20(3,4)5/h14-16H,6-9H2,1-5H3/b12-10-,14-11?. The number of rotatable bonds is 9. The molecule has 6 nitrogen and oxygen atoms in total. The highest BCUT2D eigenvalue weighted by Gasteiger charge is 2.16. The average molecular weight is 302 g/mol. The molecule has 0 amide bonds. The molecule has 0 rings (SSSR count). The van der Waals surface area contributed by atoms with Crippen molar-refractivity contribution in [3.63, 3.8) is 0 Å². The Balaban J connectivity index is 4.48. The van der Waals surface area contributed by atoms with Crippen molar-refractivity contribution < 1.29 is 19.4 Å². The van der Waals surface area contributed by atoms with Crippen LogP contribution in [0.3, 0.4) is 0 Å². The Morgan fingerprint density at radius 1 is 1.35 bits per heavy atom. The Labute approximate surface area is 121 Å². The van der Waals surface area contributed by atoms with Crippen molar-refractivity contribution in [2.45, 2.75) is 32.6 Å². The van der Waals surface area contributed by atoms with Crippen LogP contribution < -0.4 is 5.32 Å². The van der Waals surface area contributed by atoms with Gasteiger partial charge in [0.15, 0.2) is 0 Å². The molecule has 0 heterocycles. The predicted molar refractivity (Wildman–Crippen MR) is 81.6 cm³/mol. The van der Waals surface area contributed by atoms with Gasteiger partial charge < -0.3 is 25.3 Å². The van der Waals surface area contributed by atoms with Gasteiger partial charge in [0.1, 0.15) is 12.4 Å². The van der Waals surface area contributed by atoms with Gasteiger partial charge in [-0.15, -0.1) is 0 Å². The third kappa shape index (κ3) is 7.42. The van der Waals surface area contributed by atoms with Crippen LogP contribution in [0.2, 0.25) is 25.7 Å². The molecule has 3 N–H and O–H groups in total. The minimum Gasteiger partial charge on any atom is -0.464 e. The molecule has 7 heteroatoms. The van der Waals surface area contributed by atoms with Crippen LogP contribution in [0.25, 0.3) is 0 Å². The third-order valence-corrected chi connectivity index (χ3v) is 4.43. The van der Waals surface area contributed by atoms with Crippen LogP contribution in [-0.4, -0.2) is 51.9 Å². The molecule has 0 aliphatic carbocycles. The summed E-state index contributed by atoms with van der Waals surface area (Å²) < 4.78 is 10.1. The first-order valence-electron chi connectivity index (χ1n) is 6.52. The summed E-state index contributed by atoms with van der Waals surface area (Å²) in [6.45, 7) is 8.74. The lowest BCUT2D eigenvalue weighted by Crippen LogP contribution is -2.29. The van der Waals surface area contributed by atoms with Crippen molar-refractivity contribution in [3.05, 3.63) is 11.3 Å². The van der Waals surface area contributed by atoms with Crippen LogP contribution in [0.15, 0.2) is 11.3 Å². The second-order valence-corrected chi connectivity index (χ2v) is 11.3. The van der Waals surface area contributed by atoms with E-state index in [0.717, 1.165) is 6.04 Å². The van der Waals surface area contributed by atoms with Gasteiger partial charge in [-0.1, -0.05) is 19.6 Å². The minimum atomic E-state index is -1.13. The maximum atomic E-state index is 11.6. The molecule has 0 aromatic rings. The first kappa shape index (κ1) is 18.8. The van der Waals surface area contributed by atoms with Crippen LogP contribution in [-0.2, 0) is 14.3 Å². The lowest BCUT2D eigenvalue weighted by Gasteiger charge is -2.17. The summed E-state index contributed by atoms with van der Waals surface area (Å²) in [5.41, 5.74) is 0.479. The Bertz CT molecular complexity index is 375. The highest BCUT2D eigenvalue weighted by Crippen LogP contribution is 2.08. The van der Waals surface area contributed by atoms with Gasteiger partial charge in [-0.05, 0) is 13.0 Å². The largest absolute Gasteiger partial charge is 0.464 e. The van der Waals surface area contributed by atoms with Crippen molar-refractivity contribution in [1.82, 2.24) is 5.32 Å². The maximum absolute atomic E-state index is 11.6. The van der Waals surface area contributed by atoms with Gasteiger partial charge in [-0.25, -0.2) is 4.79 Å². The van der Waals surface area contributed by atoms with Crippen LogP contribution in [0.1, 0.15) is 6.92 Å². The fourth-order valence-electron chi connectivity index (χ4n) is 1.30.